The molecule has 9 aromatic rings. The van der Waals surface area contributed by atoms with E-state index in [1.165, 1.54) is 11.1 Å². The Balaban J connectivity index is 1.16. The first kappa shape index (κ1) is 27.4. The molecule has 0 saturated heterocycles. The van der Waals surface area contributed by atoms with E-state index in [-0.39, 0.29) is 0 Å². The minimum Gasteiger partial charge on any atom is -0.460 e. The van der Waals surface area contributed by atoms with Gasteiger partial charge in [-0.3, -0.25) is 0 Å². The Bertz CT molecular complexity index is 2960. The molecule has 4 nitrogen and oxygen atoms in total. The number of furan rings is 2. The average molecular weight is 641 g/mol. The van der Waals surface area contributed by atoms with Crippen molar-refractivity contribution in [2.24, 2.45) is 5.92 Å². The predicted octanol–water partition coefficient (Wildman–Crippen LogP) is 12.1. The minimum atomic E-state index is 0.365. The predicted molar refractivity (Wildman–Crippen MR) is 204 cm³/mol. The average Bonchev–Trinajstić information content (AvgIpc) is 3.74. The lowest BCUT2D eigenvalue weighted by Gasteiger charge is -2.20. The molecule has 6 aromatic carbocycles. The van der Waals surface area contributed by atoms with Gasteiger partial charge >= 0.3 is 0 Å². The van der Waals surface area contributed by atoms with Crippen LogP contribution in [0.3, 0.4) is 0 Å². The van der Waals surface area contributed by atoms with Crippen LogP contribution < -0.4 is 0 Å². The van der Waals surface area contributed by atoms with Crippen LogP contribution in [0.15, 0.2) is 160 Å². The van der Waals surface area contributed by atoms with Crippen molar-refractivity contribution in [1.82, 2.24) is 9.97 Å². The molecule has 0 bridgehead atoms. The van der Waals surface area contributed by atoms with Crippen LogP contribution in [-0.4, -0.2) is 9.97 Å². The van der Waals surface area contributed by atoms with E-state index in [1.807, 2.05) is 6.07 Å². The van der Waals surface area contributed by atoms with Gasteiger partial charge in [0.25, 0.3) is 0 Å². The molecule has 4 heteroatoms. The minimum absolute atomic E-state index is 0.365. The summed E-state index contributed by atoms with van der Waals surface area (Å²) in [4.78, 5) is 10.6. The number of nitrogens with zero attached hydrogens (tertiary/aromatic N) is 2. The summed E-state index contributed by atoms with van der Waals surface area (Å²) in [5.74, 6) is 2.09. The Morgan fingerprint density at radius 1 is 0.580 bits per heavy atom. The highest BCUT2D eigenvalue weighted by molar-refractivity contribution is 6.22. The Kier molecular flexibility index (Phi) is 5.75. The number of rotatable bonds is 3. The van der Waals surface area contributed by atoms with Crippen molar-refractivity contribution in [2.75, 3.05) is 0 Å². The van der Waals surface area contributed by atoms with Crippen molar-refractivity contribution in [2.45, 2.75) is 6.42 Å². The fourth-order valence-corrected chi connectivity index (χ4v) is 8.04. The zero-order valence-electron chi connectivity index (χ0n) is 26.9. The summed E-state index contributed by atoms with van der Waals surface area (Å²) in [6.45, 7) is 0. The Hall–Kier alpha value is -6.52. The van der Waals surface area contributed by atoms with Gasteiger partial charge in [-0.05, 0) is 64.6 Å². The molecule has 3 aromatic heterocycles. The van der Waals surface area contributed by atoms with Gasteiger partial charge in [0.15, 0.2) is 5.82 Å². The lowest BCUT2D eigenvalue weighted by atomic mass is 9.84. The Morgan fingerprint density at radius 3 is 2.34 bits per heavy atom. The number of fused-ring (bicyclic) bond motifs is 10. The Labute approximate surface area is 287 Å². The van der Waals surface area contributed by atoms with Gasteiger partial charge in [-0.15, -0.1) is 0 Å². The highest BCUT2D eigenvalue weighted by Crippen LogP contribution is 2.44. The molecule has 2 aliphatic rings. The zero-order valence-corrected chi connectivity index (χ0v) is 26.9. The fraction of sp³-hybridized carbons (Fsp3) is 0.0435. The summed E-state index contributed by atoms with van der Waals surface area (Å²) in [5, 5.41) is 6.36. The molecule has 11 rings (SSSR count). The topological polar surface area (TPSA) is 52.1 Å². The molecule has 50 heavy (non-hydrogen) atoms. The Morgan fingerprint density at radius 2 is 1.42 bits per heavy atom. The molecule has 0 radical (unpaired) electrons. The highest BCUT2D eigenvalue weighted by Gasteiger charge is 2.25. The molecule has 3 heterocycles. The van der Waals surface area contributed by atoms with Gasteiger partial charge in [-0.1, -0.05) is 109 Å². The molecule has 0 fully saturated rings. The number of benzene rings is 6. The maximum absolute atomic E-state index is 6.63. The van der Waals surface area contributed by atoms with Crippen molar-refractivity contribution in [3.05, 3.63) is 163 Å². The van der Waals surface area contributed by atoms with Crippen LogP contribution in [0.4, 0.5) is 0 Å². The molecular weight excluding hydrogens is 613 g/mol. The van der Waals surface area contributed by atoms with E-state index in [2.05, 4.69) is 146 Å². The van der Waals surface area contributed by atoms with E-state index in [0.29, 0.717) is 11.7 Å². The molecule has 0 N–H and O–H groups in total. The summed E-state index contributed by atoms with van der Waals surface area (Å²) in [7, 11) is 0. The molecule has 234 valence electrons. The smallest absolute Gasteiger partial charge is 0.161 e. The van der Waals surface area contributed by atoms with E-state index >= 15 is 0 Å². The van der Waals surface area contributed by atoms with E-state index < -0.39 is 0 Å². The largest absolute Gasteiger partial charge is 0.460 e. The first-order valence-corrected chi connectivity index (χ1v) is 17.1. The van der Waals surface area contributed by atoms with Crippen LogP contribution in [0.2, 0.25) is 0 Å². The molecule has 1 unspecified atom stereocenters. The van der Waals surface area contributed by atoms with E-state index in [1.54, 1.807) is 0 Å². The summed E-state index contributed by atoms with van der Waals surface area (Å²) < 4.78 is 13.1. The number of para-hydroxylation sites is 1. The van der Waals surface area contributed by atoms with Crippen LogP contribution in [0, 0.1) is 5.92 Å². The van der Waals surface area contributed by atoms with Crippen LogP contribution in [0.1, 0.15) is 11.3 Å². The van der Waals surface area contributed by atoms with Gasteiger partial charge < -0.3 is 8.83 Å². The van der Waals surface area contributed by atoms with Crippen molar-refractivity contribution in [1.29, 1.82) is 0 Å². The number of hydrogen-bond donors (Lipinski definition) is 0. The zero-order chi connectivity index (χ0) is 32.8. The maximum atomic E-state index is 6.63. The van der Waals surface area contributed by atoms with Crippen molar-refractivity contribution >= 4 is 60.7 Å². The lowest BCUT2D eigenvalue weighted by molar-refractivity contribution is 0.521. The van der Waals surface area contributed by atoms with Gasteiger partial charge in [0, 0.05) is 56.0 Å². The van der Waals surface area contributed by atoms with E-state index in [9.17, 15) is 0 Å². The van der Waals surface area contributed by atoms with Gasteiger partial charge in [0.05, 0.1) is 11.2 Å². The van der Waals surface area contributed by atoms with E-state index in [4.69, 9.17) is 18.8 Å². The van der Waals surface area contributed by atoms with Crippen LogP contribution in [-0.2, 0) is 6.42 Å². The SMILES string of the molecule is C1=CC2=Cc3c(oc4ccc(-c5nc(-c6cc7c(oc8cccc(-c9ccccc9)c87)c7ccccc67)nc6ccccc56)cc34)CC2C=C1. The maximum Gasteiger partial charge on any atom is 0.161 e. The molecule has 2 aliphatic carbocycles. The molecule has 0 amide bonds. The second-order valence-electron chi connectivity index (χ2n) is 13.3. The van der Waals surface area contributed by atoms with E-state index in [0.717, 1.165) is 94.7 Å². The van der Waals surface area contributed by atoms with Crippen molar-refractivity contribution in [3.63, 3.8) is 0 Å². The monoisotopic (exact) mass is 640 g/mol. The first-order valence-electron chi connectivity index (χ1n) is 17.1. The standard InChI is InChI=1S/C46H28N2O2/c1-2-11-27(12-3-1)31-18-10-20-41-43(31)38-26-37(32-15-6-7-16-33(32)45(38)50-41)46-47-39-19-9-8-17-34(39)44(48-46)30-21-22-40-35(24-30)36-23-28-13-4-5-14-29(28)25-42(36)49-40/h1-24,26,29H,25H2. The lowest BCUT2D eigenvalue weighted by Crippen LogP contribution is -2.09. The first-order chi connectivity index (χ1) is 24.8. The summed E-state index contributed by atoms with van der Waals surface area (Å²) in [6, 6.07) is 42.3. The molecule has 0 saturated carbocycles. The summed E-state index contributed by atoms with van der Waals surface area (Å²) in [6.07, 6.45) is 11.9. The van der Waals surface area contributed by atoms with Gasteiger partial charge in [-0.2, -0.15) is 0 Å². The molecule has 0 aliphatic heterocycles. The third-order valence-corrected chi connectivity index (χ3v) is 10.4. The number of allylic oxidation sites excluding steroid dienone is 5. The molecule has 0 spiro atoms. The van der Waals surface area contributed by atoms with Crippen molar-refractivity contribution < 1.29 is 8.83 Å². The fourth-order valence-electron chi connectivity index (χ4n) is 8.04. The highest BCUT2D eigenvalue weighted by atomic mass is 16.3. The third kappa shape index (κ3) is 4.05. The second-order valence-corrected chi connectivity index (χ2v) is 13.3. The quantitative estimate of drug-likeness (QED) is 0.193. The van der Waals surface area contributed by atoms with Crippen molar-refractivity contribution in [3.8, 4) is 33.8 Å². The number of hydrogen-bond acceptors (Lipinski definition) is 4. The molecule has 1 atom stereocenters. The second kappa shape index (κ2) is 10.5. The number of aromatic nitrogens is 2. The van der Waals surface area contributed by atoms with Gasteiger partial charge in [0.1, 0.15) is 22.5 Å². The van der Waals surface area contributed by atoms with Crippen LogP contribution >= 0.6 is 0 Å². The summed E-state index contributed by atoms with van der Waals surface area (Å²) in [5.41, 5.74) is 11.2. The van der Waals surface area contributed by atoms with Crippen LogP contribution in [0.5, 0.6) is 0 Å². The van der Waals surface area contributed by atoms with Gasteiger partial charge in [0.2, 0.25) is 0 Å². The van der Waals surface area contributed by atoms with Crippen LogP contribution in [0.25, 0.3) is 94.4 Å². The third-order valence-electron chi connectivity index (χ3n) is 10.4. The normalized spacial score (nSPS) is 15.3. The van der Waals surface area contributed by atoms with Gasteiger partial charge in [-0.25, -0.2) is 9.97 Å². The summed E-state index contributed by atoms with van der Waals surface area (Å²) >= 11 is 0. The molecular formula is C46H28N2O2.